The van der Waals surface area contributed by atoms with Gasteiger partial charge in [-0.15, -0.1) is 0 Å². The van der Waals surface area contributed by atoms with E-state index < -0.39 is 18.0 Å². The molecule has 0 saturated carbocycles. The van der Waals surface area contributed by atoms with Crippen molar-refractivity contribution in [2.45, 2.75) is 64.1 Å². The minimum atomic E-state index is -0.569. The lowest BCUT2D eigenvalue weighted by Crippen LogP contribution is -2.50. The fourth-order valence-corrected chi connectivity index (χ4v) is 5.60. The van der Waals surface area contributed by atoms with Crippen LogP contribution in [0.5, 0.6) is 0 Å². The van der Waals surface area contributed by atoms with E-state index in [2.05, 4.69) is 15.6 Å². The molecule has 1 unspecified atom stereocenters. The number of pyridine rings is 1. The van der Waals surface area contributed by atoms with Crippen LogP contribution in [0.15, 0.2) is 66.7 Å². The summed E-state index contributed by atoms with van der Waals surface area (Å²) in [7, 11) is 1.62. The molecule has 1 aliphatic heterocycles. The molecule has 0 aliphatic carbocycles. The number of hydrogen-bond acceptors (Lipinski definition) is 6. The summed E-state index contributed by atoms with van der Waals surface area (Å²) in [5.41, 5.74) is 9.21. The predicted octanol–water partition coefficient (Wildman–Crippen LogP) is 4.50. The molecule has 4 atom stereocenters. The highest BCUT2D eigenvalue weighted by Crippen LogP contribution is 2.21. The Morgan fingerprint density at radius 2 is 1.82 bits per heavy atom. The van der Waals surface area contributed by atoms with Crippen LogP contribution in [0, 0.1) is 18.7 Å². The Hall–Kier alpha value is -4.15. The van der Waals surface area contributed by atoms with Crippen molar-refractivity contribution in [3.05, 3.63) is 95.1 Å². The van der Waals surface area contributed by atoms with Gasteiger partial charge in [-0.05, 0) is 81.0 Å². The molecule has 10 heteroatoms. The maximum atomic E-state index is 13.7. The van der Waals surface area contributed by atoms with E-state index in [0.29, 0.717) is 42.9 Å². The van der Waals surface area contributed by atoms with E-state index in [-0.39, 0.29) is 35.3 Å². The first kappa shape index (κ1) is 32.8. The number of aryl methyl sites for hydroxylation is 1. The van der Waals surface area contributed by atoms with Gasteiger partial charge >= 0.3 is 0 Å². The van der Waals surface area contributed by atoms with E-state index in [4.69, 9.17) is 10.5 Å². The molecule has 3 amide bonds. The van der Waals surface area contributed by atoms with Crippen LogP contribution in [-0.2, 0) is 16.0 Å². The van der Waals surface area contributed by atoms with Gasteiger partial charge in [0.15, 0.2) is 0 Å². The van der Waals surface area contributed by atoms with Crippen molar-refractivity contribution in [2.24, 2.45) is 11.7 Å². The number of nitrogens with zero attached hydrogens (tertiary/aromatic N) is 2. The number of rotatable bonds is 12. The summed E-state index contributed by atoms with van der Waals surface area (Å²) in [5, 5.41) is 5.87. The maximum Gasteiger partial charge on any atom is 0.272 e. The van der Waals surface area contributed by atoms with Crippen LogP contribution in [0.4, 0.5) is 10.1 Å². The normalized spacial score (nSPS) is 16.9. The number of nitrogens with one attached hydrogen (secondary N) is 2. The average molecular weight is 604 g/mol. The zero-order chi connectivity index (χ0) is 31.6. The molecule has 9 nitrogen and oxygen atoms in total. The van der Waals surface area contributed by atoms with Gasteiger partial charge < -0.3 is 26.0 Å². The lowest BCUT2D eigenvalue weighted by molar-refractivity contribution is -0.119. The lowest BCUT2D eigenvalue weighted by Gasteiger charge is -2.35. The van der Waals surface area contributed by atoms with Crippen LogP contribution in [0.1, 0.15) is 64.7 Å². The van der Waals surface area contributed by atoms with Crippen molar-refractivity contribution in [2.75, 3.05) is 25.6 Å². The van der Waals surface area contributed by atoms with Gasteiger partial charge in [0, 0.05) is 48.6 Å². The molecule has 3 aromatic rings. The van der Waals surface area contributed by atoms with Crippen molar-refractivity contribution >= 4 is 23.4 Å². The number of piperidine rings is 1. The zero-order valence-corrected chi connectivity index (χ0v) is 25.6. The highest BCUT2D eigenvalue weighted by atomic mass is 19.1. The number of halogens is 1. The van der Waals surface area contributed by atoms with E-state index in [1.807, 2.05) is 30.3 Å². The summed E-state index contributed by atoms with van der Waals surface area (Å²) in [4.78, 5) is 46.3. The second-order valence-corrected chi connectivity index (χ2v) is 11.6. The van der Waals surface area contributed by atoms with E-state index in [1.165, 1.54) is 30.3 Å². The predicted molar refractivity (Wildman–Crippen MR) is 168 cm³/mol. The quantitative estimate of drug-likeness (QED) is 0.280. The van der Waals surface area contributed by atoms with Crippen molar-refractivity contribution in [1.29, 1.82) is 0 Å². The van der Waals surface area contributed by atoms with Gasteiger partial charge in [0.1, 0.15) is 11.5 Å². The second kappa shape index (κ2) is 15.5. The Kier molecular flexibility index (Phi) is 11.6. The van der Waals surface area contributed by atoms with E-state index in [1.54, 1.807) is 31.9 Å². The molecular weight excluding hydrogens is 561 g/mol. The molecule has 2 aromatic carbocycles. The molecule has 0 bridgehead atoms. The van der Waals surface area contributed by atoms with Gasteiger partial charge in [-0.3, -0.25) is 14.4 Å². The first-order valence-corrected chi connectivity index (χ1v) is 15.1. The van der Waals surface area contributed by atoms with Crippen molar-refractivity contribution in [3.8, 4) is 0 Å². The Labute approximate surface area is 258 Å². The minimum absolute atomic E-state index is 0.0312. The molecular formula is C34H42FN5O4. The van der Waals surface area contributed by atoms with Crippen LogP contribution in [0.3, 0.4) is 0 Å². The fraction of sp³-hybridized carbons (Fsp3) is 0.412. The third kappa shape index (κ3) is 8.93. The number of likely N-dealkylation sites (tertiary alicyclic amines) is 1. The highest BCUT2D eigenvalue weighted by molar-refractivity contribution is 5.99. The first-order valence-electron chi connectivity index (χ1n) is 15.1. The van der Waals surface area contributed by atoms with Gasteiger partial charge in [0.2, 0.25) is 5.91 Å². The molecule has 1 fully saturated rings. The lowest BCUT2D eigenvalue weighted by atomic mass is 9.92. The largest absolute Gasteiger partial charge is 0.383 e. The molecule has 0 spiro atoms. The Bertz CT molecular complexity index is 1420. The maximum absolute atomic E-state index is 13.7. The highest BCUT2D eigenvalue weighted by Gasteiger charge is 2.30. The Morgan fingerprint density at radius 3 is 2.52 bits per heavy atom. The first-order chi connectivity index (χ1) is 21.1. The smallest absolute Gasteiger partial charge is 0.272 e. The monoisotopic (exact) mass is 603 g/mol. The van der Waals surface area contributed by atoms with Gasteiger partial charge in [-0.2, -0.15) is 0 Å². The van der Waals surface area contributed by atoms with Crippen molar-refractivity contribution in [3.63, 3.8) is 0 Å². The van der Waals surface area contributed by atoms with E-state index >= 15 is 0 Å². The van der Waals surface area contributed by atoms with Crippen LogP contribution in [-0.4, -0.2) is 66.0 Å². The van der Waals surface area contributed by atoms with Crippen LogP contribution in [0.2, 0.25) is 0 Å². The van der Waals surface area contributed by atoms with Gasteiger partial charge in [-0.1, -0.05) is 37.3 Å². The van der Waals surface area contributed by atoms with Gasteiger partial charge in [-0.25, -0.2) is 9.37 Å². The molecule has 1 saturated heterocycles. The average Bonchev–Trinajstić information content (AvgIpc) is 3.02. The molecule has 0 radical (unpaired) electrons. The molecule has 2 heterocycles. The number of anilines is 1. The summed E-state index contributed by atoms with van der Waals surface area (Å²) >= 11 is 0. The SMILES string of the molecule is COCC1CCCCN1C(=O)c1cc(C(=O)N[C@@H](Cc2ccccc2)[C@@H](N)C[C@@H](C)C(=O)Nc2ccc(F)cc2)cc(C)n1. The molecule has 44 heavy (non-hydrogen) atoms. The Balaban J connectivity index is 1.50. The summed E-state index contributed by atoms with van der Waals surface area (Å²) < 4.78 is 18.6. The summed E-state index contributed by atoms with van der Waals surface area (Å²) in [6, 6.07) is 17.3. The van der Waals surface area contributed by atoms with Gasteiger partial charge in [0.05, 0.1) is 12.6 Å². The van der Waals surface area contributed by atoms with E-state index in [9.17, 15) is 18.8 Å². The number of hydrogen-bond donors (Lipinski definition) is 3. The molecule has 234 valence electrons. The molecule has 1 aliphatic rings. The van der Waals surface area contributed by atoms with E-state index in [0.717, 1.165) is 24.8 Å². The standard InChI is InChI=1S/C34H42FN5O4/c1-22(32(41)38-27-14-12-26(35)13-15-27)17-29(36)30(19-24-9-5-4-6-10-24)39-33(42)25-18-23(2)37-31(20-25)34(43)40-16-8-7-11-28(40)21-44-3/h4-6,9-10,12-15,18,20,22,28-30H,7-8,11,16-17,19,21,36H2,1-3H3,(H,38,41)(H,39,42)/t22-,28?,29+,30+/m1/s1. The Morgan fingerprint density at radius 1 is 1.09 bits per heavy atom. The zero-order valence-electron chi connectivity index (χ0n) is 25.6. The van der Waals surface area contributed by atoms with Crippen molar-refractivity contribution < 1.29 is 23.5 Å². The molecule has 1 aromatic heterocycles. The number of methoxy groups -OCH3 is 1. The summed E-state index contributed by atoms with van der Waals surface area (Å²) in [5.74, 6) is -1.73. The topological polar surface area (TPSA) is 127 Å². The summed E-state index contributed by atoms with van der Waals surface area (Å²) in [6.45, 7) is 4.59. The number of ether oxygens (including phenoxy) is 1. The minimum Gasteiger partial charge on any atom is -0.383 e. The number of carbonyl (C=O) groups excluding carboxylic acids is 3. The summed E-state index contributed by atoms with van der Waals surface area (Å²) in [6.07, 6.45) is 3.53. The van der Waals surface area contributed by atoms with Gasteiger partial charge in [0.25, 0.3) is 11.8 Å². The van der Waals surface area contributed by atoms with Crippen LogP contribution in [0.25, 0.3) is 0 Å². The third-order valence-corrected chi connectivity index (χ3v) is 8.00. The number of aromatic nitrogens is 1. The number of amides is 3. The molecule has 4 N–H and O–H groups in total. The fourth-order valence-electron chi connectivity index (χ4n) is 5.60. The number of benzene rings is 2. The third-order valence-electron chi connectivity index (χ3n) is 8.00. The van der Waals surface area contributed by atoms with Crippen molar-refractivity contribution in [1.82, 2.24) is 15.2 Å². The van der Waals surface area contributed by atoms with Crippen LogP contribution < -0.4 is 16.4 Å². The van der Waals surface area contributed by atoms with Crippen LogP contribution >= 0.6 is 0 Å². The number of carbonyl (C=O) groups is 3. The second-order valence-electron chi connectivity index (χ2n) is 11.6. The molecule has 4 rings (SSSR count). The number of nitrogens with two attached hydrogens (primary N) is 1.